The van der Waals surface area contributed by atoms with Crippen LogP contribution in [0.1, 0.15) is 16.7 Å². The van der Waals surface area contributed by atoms with Crippen LogP contribution < -0.4 is 5.73 Å². The monoisotopic (exact) mass is 185 g/mol. The van der Waals surface area contributed by atoms with Crippen molar-refractivity contribution in [1.82, 2.24) is 0 Å². The predicted molar refractivity (Wildman–Crippen MR) is 52.4 cm³/mol. The Balaban J connectivity index is 2.24. The van der Waals surface area contributed by atoms with Gasteiger partial charge >= 0.3 is 0 Å². The third-order valence-electron chi connectivity index (χ3n) is 1.53. The van der Waals surface area contributed by atoms with E-state index in [4.69, 9.17) is 10.5 Å². The van der Waals surface area contributed by atoms with Crippen LogP contribution in [0.3, 0.4) is 0 Å². The van der Waals surface area contributed by atoms with Crippen molar-refractivity contribution in [3.05, 3.63) is 21.9 Å². The zero-order valence-electron chi connectivity index (χ0n) is 7.54. The summed E-state index contributed by atoms with van der Waals surface area (Å²) >= 11 is 1.82. The van der Waals surface area contributed by atoms with Gasteiger partial charge in [0.15, 0.2) is 0 Å². The zero-order valence-corrected chi connectivity index (χ0v) is 8.36. The highest BCUT2D eigenvalue weighted by Gasteiger charge is 1.97. The van der Waals surface area contributed by atoms with E-state index in [-0.39, 0.29) is 6.23 Å². The van der Waals surface area contributed by atoms with Crippen molar-refractivity contribution in [2.45, 2.75) is 26.5 Å². The van der Waals surface area contributed by atoms with Crippen LogP contribution in [0.5, 0.6) is 0 Å². The SMILES string of the molecule is Cc1ccc(CCOC(C)N)s1. The lowest BCUT2D eigenvalue weighted by Gasteiger charge is -2.05. The third-order valence-corrected chi connectivity index (χ3v) is 2.59. The summed E-state index contributed by atoms with van der Waals surface area (Å²) in [7, 11) is 0. The van der Waals surface area contributed by atoms with E-state index in [1.54, 1.807) is 0 Å². The Hall–Kier alpha value is -0.380. The van der Waals surface area contributed by atoms with Gasteiger partial charge in [0.25, 0.3) is 0 Å². The molecule has 0 amide bonds. The Morgan fingerprint density at radius 1 is 1.58 bits per heavy atom. The van der Waals surface area contributed by atoms with Gasteiger partial charge in [-0.05, 0) is 26.0 Å². The highest BCUT2D eigenvalue weighted by atomic mass is 32.1. The van der Waals surface area contributed by atoms with E-state index in [9.17, 15) is 0 Å². The number of hydrogen-bond acceptors (Lipinski definition) is 3. The molecule has 1 unspecified atom stereocenters. The van der Waals surface area contributed by atoms with E-state index in [2.05, 4.69) is 19.1 Å². The first-order valence-corrected chi connectivity index (χ1v) is 4.92. The summed E-state index contributed by atoms with van der Waals surface area (Å²) in [5.41, 5.74) is 5.44. The van der Waals surface area contributed by atoms with Crippen molar-refractivity contribution in [3.63, 3.8) is 0 Å². The van der Waals surface area contributed by atoms with Crippen LogP contribution >= 0.6 is 11.3 Å². The second-order valence-corrected chi connectivity index (χ2v) is 4.21. The molecule has 0 aliphatic rings. The molecule has 1 aromatic heterocycles. The van der Waals surface area contributed by atoms with Gasteiger partial charge in [0.2, 0.25) is 0 Å². The first-order chi connectivity index (χ1) is 5.68. The molecular weight excluding hydrogens is 170 g/mol. The van der Waals surface area contributed by atoms with E-state index in [1.807, 2.05) is 18.3 Å². The maximum atomic E-state index is 5.44. The molecule has 2 nitrogen and oxygen atoms in total. The van der Waals surface area contributed by atoms with Gasteiger partial charge in [0.05, 0.1) is 6.61 Å². The number of ether oxygens (including phenoxy) is 1. The summed E-state index contributed by atoms with van der Waals surface area (Å²) in [6.07, 6.45) is 0.825. The smallest absolute Gasteiger partial charge is 0.102 e. The standard InChI is InChI=1S/C9H15NOS/c1-7-3-4-9(12-7)5-6-11-8(2)10/h3-4,8H,5-6,10H2,1-2H3. The molecule has 0 aliphatic heterocycles. The van der Waals surface area contributed by atoms with Gasteiger partial charge in [0, 0.05) is 16.2 Å². The van der Waals surface area contributed by atoms with Gasteiger partial charge in [-0.3, -0.25) is 0 Å². The summed E-state index contributed by atoms with van der Waals surface area (Å²) < 4.78 is 5.24. The van der Waals surface area contributed by atoms with Gasteiger partial charge in [0.1, 0.15) is 6.23 Å². The van der Waals surface area contributed by atoms with Crippen LogP contribution in [0.25, 0.3) is 0 Å². The molecule has 1 aromatic rings. The first-order valence-electron chi connectivity index (χ1n) is 4.11. The van der Waals surface area contributed by atoms with Crippen molar-refractivity contribution in [2.75, 3.05) is 6.61 Å². The number of rotatable bonds is 4. The van der Waals surface area contributed by atoms with Crippen molar-refractivity contribution in [1.29, 1.82) is 0 Å². The molecule has 0 aromatic carbocycles. The van der Waals surface area contributed by atoms with Crippen LogP contribution in [0.4, 0.5) is 0 Å². The largest absolute Gasteiger partial charge is 0.364 e. The Kier molecular flexibility index (Phi) is 3.72. The molecule has 0 saturated heterocycles. The van der Waals surface area contributed by atoms with Crippen LogP contribution in [0, 0.1) is 6.92 Å². The average molecular weight is 185 g/mol. The molecule has 12 heavy (non-hydrogen) atoms. The second-order valence-electron chi connectivity index (χ2n) is 2.84. The number of thiophene rings is 1. The number of hydrogen-bond donors (Lipinski definition) is 1. The minimum absolute atomic E-state index is 0.147. The molecule has 0 fully saturated rings. The van der Waals surface area contributed by atoms with Crippen molar-refractivity contribution in [2.24, 2.45) is 5.73 Å². The van der Waals surface area contributed by atoms with Gasteiger partial charge in [-0.25, -0.2) is 0 Å². The second kappa shape index (κ2) is 4.60. The normalized spacial score (nSPS) is 13.2. The zero-order chi connectivity index (χ0) is 8.97. The third kappa shape index (κ3) is 3.34. The van der Waals surface area contributed by atoms with Crippen molar-refractivity contribution < 1.29 is 4.74 Å². The van der Waals surface area contributed by atoms with Gasteiger partial charge in [-0.15, -0.1) is 11.3 Å². The predicted octanol–water partition coefficient (Wildman–Crippen LogP) is 1.92. The Morgan fingerprint density at radius 2 is 2.33 bits per heavy atom. The molecule has 0 saturated carbocycles. The Bertz CT molecular complexity index is 232. The summed E-state index contributed by atoms with van der Waals surface area (Å²) in [5.74, 6) is 0. The minimum atomic E-state index is -0.147. The lowest BCUT2D eigenvalue weighted by molar-refractivity contribution is 0.0734. The minimum Gasteiger partial charge on any atom is -0.364 e. The van der Waals surface area contributed by atoms with Crippen LogP contribution in [-0.2, 0) is 11.2 Å². The molecule has 0 spiro atoms. The van der Waals surface area contributed by atoms with E-state index in [0.717, 1.165) is 13.0 Å². The van der Waals surface area contributed by atoms with Crippen LogP contribution in [-0.4, -0.2) is 12.8 Å². The molecule has 3 heteroatoms. The molecular formula is C9H15NOS. The Morgan fingerprint density at radius 3 is 2.83 bits per heavy atom. The van der Waals surface area contributed by atoms with Crippen LogP contribution in [0.15, 0.2) is 12.1 Å². The highest BCUT2D eigenvalue weighted by molar-refractivity contribution is 7.11. The molecule has 0 bridgehead atoms. The van der Waals surface area contributed by atoms with E-state index in [0.29, 0.717) is 0 Å². The van der Waals surface area contributed by atoms with E-state index < -0.39 is 0 Å². The van der Waals surface area contributed by atoms with Gasteiger partial charge in [-0.1, -0.05) is 0 Å². The molecule has 0 aliphatic carbocycles. The fourth-order valence-corrected chi connectivity index (χ4v) is 1.84. The molecule has 2 N–H and O–H groups in total. The average Bonchev–Trinajstić information content (AvgIpc) is 2.35. The summed E-state index contributed by atoms with van der Waals surface area (Å²) in [4.78, 5) is 2.72. The summed E-state index contributed by atoms with van der Waals surface area (Å²) in [5, 5.41) is 0. The van der Waals surface area contributed by atoms with Gasteiger partial charge in [-0.2, -0.15) is 0 Å². The van der Waals surface area contributed by atoms with Gasteiger partial charge < -0.3 is 10.5 Å². The maximum Gasteiger partial charge on any atom is 0.102 e. The summed E-state index contributed by atoms with van der Waals surface area (Å²) in [6.45, 7) is 4.68. The topological polar surface area (TPSA) is 35.2 Å². The molecule has 1 atom stereocenters. The fourth-order valence-electron chi connectivity index (χ4n) is 0.965. The molecule has 1 heterocycles. The van der Waals surface area contributed by atoms with E-state index >= 15 is 0 Å². The maximum absolute atomic E-state index is 5.44. The van der Waals surface area contributed by atoms with E-state index in [1.165, 1.54) is 9.75 Å². The van der Waals surface area contributed by atoms with Crippen molar-refractivity contribution in [3.8, 4) is 0 Å². The molecule has 68 valence electrons. The summed E-state index contributed by atoms with van der Waals surface area (Å²) in [6, 6.07) is 4.27. The lowest BCUT2D eigenvalue weighted by Crippen LogP contribution is -2.20. The molecule has 0 radical (unpaired) electrons. The highest BCUT2D eigenvalue weighted by Crippen LogP contribution is 2.15. The molecule has 1 rings (SSSR count). The van der Waals surface area contributed by atoms with Crippen molar-refractivity contribution >= 4 is 11.3 Å². The quantitative estimate of drug-likeness (QED) is 0.727. The lowest BCUT2D eigenvalue weighted by atomic mass is 10.3. The Labute approximate surface area is 77.3 Å². The van der Waals surface area contributed by atoms with Crippen LogP contribution in [0.2, 0.25) is 0 Å². The first kappa shape index (κ1) is 9.71. The fraction of sp³-hybridized carbons (Fsp3) is 0.556. The number of aryl methyl sites for hydroxylation is 1. The number of nitrogens with two attached hydrogens (primary N) is 1.